The normalized spacial score (nSPS) is 16.2. The fourth-order valence-electron chi connectivity index (χ4n) is 2.28. The Morgan fingerprint density at radius 3 is 2.94 bits per heavy atom. The maximum absolute atomic E-state index is 11.5. The predicted molar refractivity (Wildman–Crippen MR) is 70.5 cm³/mol. The monoisotopic (exact) mass is 246 g/mol. The topological polar surface area (TPSA) is 35.5 Å². The number of aryl methyl sites for hydroxylation is 1. The van der Waals surface area contributed by atoms with Crippen LogP contribution >= 0.6 is 0 Å². The molecule has 1 aromatic rings. The Labute approximate surface area is 107 Å². The first-order valence-corrected chi connectivity index (χ1v) is 6.29. The lowest BCUT2D eigenvalue weighted by atomic mass is 9.87. The summed E-state index contributed by atoms with van der Waals surface area (Å²) in [5.41, 5.74) is 3.44. The molecule has 1 aliphatic rings. The molecule has 0 amide bonds. The van der Waals surface area contributed by atoms with Crippen molar-refractivity contribution < 1.29 is 14.3 Å². The standard InChI is InChI=1S/C15H18O3/c1-3-18-15(16)9-12-6-4-5-11-7-8-13(17-2)10-14(11)12/h7-10H,3-6H2,1-2H3/b12-9+. The smallest absolute Gasteiger partial charge is 0.331 e. The number of ether oxygens (including phenoxy) is 2. The van der Waals surface area contributed by atoms with Crippen molar-refractivity contribution in [1.29, 1.82) is 0 Å². The number of carbonyl (C=O) groups excluding carboxylic acids is 1. The van der Waals surface area contributed by atoms with Crippen molar-refractivity contribution in [2.45, 2.75) is 26.2 Å². The zero-order valence-electron chi connectivity index (χ0n) is 10.9. The molecule has 0 aliphatic heterocycles. The molecule has 18 heavy (non-hydrogen) atoms. The van der Waals surface area contributed by atoms with Gasteiger partial charge < -0.3 is 9.47 Å². The van der Waals surface area contributed by atoms with E-state index in [2.05, 4.69) is 6.07 Å². The van der Waals surface area contributed by atoms with Crippen LogP contribution in [0.4, 0.5) is 0 Å². The SMILES string of the molecule is CCOC(=O)/C=C1\CCCc2ccc(OC)cc21. The molecule has 0 aromatic heterocycles. The van der Waals surface area contributed by atoms with Crippen molar-refractivity contribution in [3.05, 3.63) is 35.4 Å². The Hall–Kier alpha value is -1.77. The van der Waals surface area contributed by atoms with E-state index in [1.807, 2.05) is 19.1 Å². The highest BCUT2D eigenvalue weighted by molar-refractivity contribution is 5.92. The molecule has 0 saturated heterocycles. The molecular formula is C15H18O3. The first kappa shape index (κ1) is 12.7. The van der Waals surface area contributed by atoms with Crippen LogP contribution in [-0.4, -0.2) is 19.7 Å². The van der Waals surface area contributed by atoms with E-state index in [4.69, 9.17) is 9.47 Å². The zero-order chi connectivity index (χ0) is 13.0. The maximum Gasteiger partial charge on any atom is 0.331 e. The third-order valence-corrected chi connectivity index (χ3v) is 3.13. The van der Waals surface area contributed by atoms with Crippen LogP contribution in [0.5, 0.6) is 5.75 Å². The fraction of sp³-hybridized carbons (Fsp3) is 0.400. The Morgan fingerprint density at radius 1 is 1.39 bits per heavy atom. The number of methoxy groups -OCH3 is 1. The van der Waals surface area contributed by atoms with Gasteiger partial charge in [-0.15, -0.1) is 0 Å². The fourth-order valence-corrected chi connectivity index (χ4v) is 2.28. The number of fused-ring (bicyclic) bond motifs is 1. The molecule has 2 rings (SSSR count). The van der Waals surface area contributed by atoms with Gasteiger partial charge in [-0.25, -0.2) is 4.79 Å². The van der Waals surface area contributed by atoms with E-state index in [-0.39, 0.29) is 5.97 Å². The van der Waals surface area contributed by atoms with Gasteiger partial charge in [0.1, 0.15) is 5.75 Å². The summed E-state index contributed by atoms with van der Waals surface area (Å²) in [6.07, 6.45) is 4.66. The van der Waals surface area contributed by atoms with Gasteiger partial charge in [0, 0.05) is 6.08 Å². The van der Waals surface area contributed by atoms with E-state index in [9.17, 15) is 4.79 Å². The second kappa shape index (κ2) is 5.71. The summed E-state index contributed by atoms with van der Waals surface area (Å²) >= 11 is 0. The van der Waals surface area contributed by atoms with Crippen LogP contribution in [0.2, 0.25) is 0 Å². The van der Waals surface area contributed by atoms with Gasteiger partial charge in [-0.3, -0.25) is 0 Å². The van der Waals surface area contributed by atoms with Gasteiger partial charge >= 0.3 is 5.97 Å². The minimum absolute atomic E-state index is 0.261. The van der Waals surface area contributed by atoms with Crippen molar-refractivity contribution in [1.82, 2.24) is 0 Å². The lowest BCUT2D eigenvalue weighted by Gasteiger charge is -2.19. The van der Waals surface area contributed by atoms with Gasteiger partial charge in [0.05, 0.1) is 13.7 Å². The van der Waals surface area contributed by atoms with Crippen LogP contribution in [0.15, 0.2) is 24.3 Å². The minimum atomic E-state index is -0.261. The molecule has 3 heteroatoms. The van der Waals surface area contributed by atoms with E-state index in [0.717, 1.165) is 36.1 Å². The van der Waals surface area contributed by atoms with Gasteiger partial charge in [-0.2, -0.15) is 0 Å². The van der Waals surface area contributed by atoms with Crippen molar-refractivity contribution in [3.8, 4) is 5.75 Å². The van der Waals surface area contributed by atoms with Crippen LogP contribution in [0.1, 0.15) is 30.9 Å². The highest BCUT2D eigenvalue weighted by Crippen LogP contribution is 2.33. The number of benzene rings is 1. The number of hydrogen-bond donors (Lipinski definition) is 0. The second-order valence-electron chi connectivity index (χ2n) is 4.30. The molecule has 0 radical (unpaired) electrons. The van der Waals surface area contributed by atoms with Crippen LogP contribution in [0.25, 0.3) is 5.57 Å². The van der Waals surface area contributed by atoms with E-state index < -0.39 is 0 Å². The summed E-state index contributed by atoms with van der Waals surface area (Å²) in [5, 5.41) is 0. The van der Waals surface area contributed by atoms with E-state index in [1.54, 1.807) is 13.2 Å². The van der Waals surface area contributed by atoms with Gasteiger partial charge in [-0.05, 0) is 55.0 Å². The second-order valence-corrected chi connectivity index (χ2v) is 4.30. The van der Waals surface area contributed by atoms with E-state index in [0.29, 0.717) is 6.61 Å². The molecular weight excluding hydrogens is 228 g/mol. The molecule has 0 fully saturated rings. The summed E-state index contributed by atoms with van der Waals surface area (Å²) in [5.74, 6) is 0.563. The van der Waals surface area contributed by atoms with Crippen LogP contribution in [0, 0.1) is 0 Å². The number of esters is 1. The molecule has 0 saturated carbocycles. The summed E-state index contributed by atoms with van der Waals surface area (Å²) < 4.78 is 10.2. The Kier molecular flexibility index (Phi) is 4.03. The molecule has 96 valence electrons. The average molecular weight is 246 g/mol. The highest BCUT2D eigenvalue weighted by Gasteiger charge is 2.16. The molecule has 3 nitrogen and oxygen atoms in total. The Balaban J connectivity index is 2.34. The van der Waals surface area contributed by atoms with Crippen molar-refractivity contribution in [2.24, 2.45) is 0 Å². The van der Waals surface area contributed by atoms with E-state index in [1.165, 1.54) is 5.56 Å². The molecule has 0 atom stereocenters. The van der Waals surface area contributed by atoms with Crippen LogP contribution in [-0.2, 0) is 16.0 Å². The van der Waals surface area contributed by atoms with Gasteiger partial charge in [0.2, 0.25) is 0 Å². The quantitative estimate of drug-likeness (QED) is 0.607. The molecule has 0 unspecified atom stereocenters. The first-order chi connectivity index (χ1) is 8.74. The van der Waals surface area contributed by atoms with Crippen molar-refractivity contribution >= 4 is 11.5 Å². The average Bonchev–Trinajstić information content (AvgIpc) is 2.39. The Morgan fingerprint density at radius 2 is 2.22 bits per heavy atom. The first-order valence-electron chi connectivity index (χ1n) is 6.29. The summed E-state index contributed by atoms with van der Waals surface area (Å²) in [6, 6.07) is 6.04. The third-order valence-electron chi connectivity index (χ3n) is 3.13. The number of rotatable bonds is 3. The van der Waals surface area contributed by atoms with Gasteiger partial charge in [-0.1, -0.05) is 6.07 Å². The van der Waals surface area contributed by atoms with Gasteiger partial charge in [0.15, 0.2) is 0 Å². The molecule has 1 aliphatic carbocycles. The summed E-state index contributed by atoms with van der Waals surface area (Å²) in [7, 11) is 1.65. The Bertz CT molecular complexity index is 475. The van der Waals surface area contributed by atoms with Gasteiger partial charge in [0.25, 0.3) is 0 Å². The summed E-state index contributed by atoms with van der Waals surface area (Å²) in [4.78, 5) is 11.5. The number of hydrogen-bond acceptors (Lipinski definition) is 3. The summed E-state index contributed by atoms with van der Waals surface area (Å²) in [6.45, 7) is 2.22. The molecule has 0 N–H and O–H groups in total. The molecule has 0 bridgehead atoms. The third kappa shape index (κ3) is 2.73. The predicted octanol–water partition coefficient (Wildman–Crippen LogP) is 2.98. The number of allylic oxidation sites excluding steroid dienone is 1. The van der Waals surface area contributed by atoms with Crippen LogP contribution < -0.4 is 4.74 Å². The van der Waals surface area contributed by atoms with E-state index >= 15 is 0 Å². The number of carbonyl (C=O) groups is 1. The van der Waals surface area contributed by atoms with Crippen molar-refractivity contribution in [3.63, 3.8) is 0 Å². The molecule has 0 spiro atoms. The highest BCUT2D eigenvalue weighted by atomic mass is 16.5. The minimum Gasteiger partial charge on any atom is -0.497 e. The lowest BCUT2D eigenvalue weighted by molar-refractivity contribution is -0.137. The molecule has 1 aromatic carbocycles. The van der Waals surface area contributed by atoms with Crippen LogP contribution in [0.3, 0.4) is 0 Å². The maximum atomic E-state index is 11.5. The molecule has 0 heterocycles. The zero-order valence-corrected chi connectivity index (χ0v) is 10.9. The lowest BCUT2D eigenvalue weighted by Crippen LogP contribution is -2.06. The largest absolute Gasteiger partial charge is 0.497 e. The van der Waals surface area contributed by atoms with Crippen molar-refractivity contribution in [2.75, 3.05) is 13.7 Å².